The summed E-state index contributed by atoms with van der Waals surface area (Å²) in [5, 5.41) is 14.8. The lowest BCUT2D eigenvalue weighted by Crippen LogP contribution is -2.49. The molecule has 2 aromatic rings. The van der Waals surface area contributed by atoms with Crippen molar-refractivity contribution in [1.82, 2.24) is 20.4 Å². The lowest BCUT2D eigenvalue weighted by Gasteiger charge is -2.31. The van der Waals surface area contributed by atoms with Crippen molar-refractivity contribution in [3.05, 3.63) is 40.3 Å². The Balaban J connectivity index is 1.50. The number of benzene rings is 1. The molecule has 1 fully saturated rings. The van der Waals surface area contributed by atoms with Crippen molar-refractivity contribution in [3.63, 3.8) is 0 Å². The molecule has 1 aromatic carbocycles. The lowest BCUT2D eigenvalue weighted by atomic mass is 9.98. The molecule has 0 aliphatic carbocycles. The van der Waals surface area contributed by atoms with E-state index in [1.54, 1.807) is 18.7 Å². The van der Waals surface area contributed by atoms with Crippen LogP contribution < -0.4 is 10.6 Å². The molecule has 1 atom stereocenters. The van der Waals surface area contributed by atoms with Gasteiger partial charge in [0, 0.05) is 24.7 Å². The molecule has 3 rings (SSSR count). The first-order valence-electron chi connectivity index (χ1n) is 9.89. The molecule has 0 unspecified atom stereocenters. The molecular weight excluding hydrogens is 406 g/mol. The fourth-order valence-electron chi connectivity index (χ4n) is 3.13. The number of piperidine rings is 1. The number of nitrogens with zero attached hydrogens (tertiary/aromatic N) is 3. The van der Waals surface area contributed by atoms with Gasteiger partial charge >= 0.3 is 12.0 Å². The molecule has 2 heterocycles. The van der Waals surface area contributed by atoms with Crippen molar-refractivity contribution >= 4 is 34.9 Å². The number of aromatic nitrogens is 2. The Kier molecular flexibility index (Phi) is 7.34. The zero-order valence-corrected chi connectivity index (χ0v) is 17.8. The summed E-state index contributed by atoms with van der Waals surface area (Å²) in [6.45, 7) is 4.68. The third-order valence-corrected chi connectivity index (χ3v) is 5.86. The predicted molar refractivity (Wildman–Crippen MR) is 112 cm³/mol. The molecule has 1 saturated heterocycles. The first-order valence-corrected chi connectivity index (χ1v) is 10.7. The summed E-state index contributed by atoms with van der Waals surface area (Å²) in [6, 6.07) is 8.21. The number of hydrogen-bond acceptors (Lipinski definition) is 7. The molecule has 0 saturated carbocycles. The first kappa shape index (κ1) is 21.7. The molecule has 10 heteroatoms. The fourth-order valence-corrected chi connectivity index (χ4v) is 4.04. The molecule has 1 aliphatic rings. The number of esters is 1. The third-order valence-electron chi connectivity index (χ3n) is 4.78. The fraction of sp³-hybridized carbons (Fsp3) is 0.450. The highest BCUT2D eigenvalue weighted by Crippen LogP contribution is 2.30. The Morgan fingerprint density at radius 2 is 1.90 bits per heavy atom. The Labute approximate surface area is 178 Å². The van der Waals surface area contributed by atoms with Crippen LogP contribution in [0.2, 0.25) is 0 Å². The van der Waals surface area contributed by atoms with Gasteiger partial charge in [0.2, 0.25) is 5.01 Å². The second-order valence-electron chi connectivity index (χ2n) is 6.95. The molecule has 0 bridgehead atoms. The molecular formula is C20H25N5O4S. The monoisotopic (exact) mass is 431 g/mol. The maximum Gasteiger partial charge on any atom is 0.328 e. The minimum atomic E-state index is -0.691. The number of urea groups is 1. The smallest absolute Gasteiger partial charge is 0.328 e. The second-order valence-corrected chi connectivity index (χ2v) is 7.96. The molecule has 2 N–H and O–H groups in total. The van der Waals surface area contributed by atoms with Gasteiger partial charge in [-0.2, -0.15) is 0 Å². The van der Waals surface area contributed by atoms with E-state index in [1.165, 1.54) is 11.3 Å². The molecule has 3 amide bonds. The van der Waals surface area contributed by atoms with Crippen LogP contribution in [0.1, 0.15) is 47.4 Å². The van der Waals surface area contributed by atoms with Crippen molar-refractivity contribution < 1.29 is 19.1 Å². The number of hydrogen-bond donors (Lipinski definition) is 2. The number of anilines is 1. The van der Waals surface area contributed by atoms with Crippen LogP contribution in [0.25, 0.3) is 0 Å². The number of rotatable bonds is 6. The summed E-state index contributed by atoms with van der Waals surface area (Å²) in [4.78, 5) is 38.1. The van der Waals surface area contributed by atoms with E-state index in [2.05, 4.69) is 20.8 Å². The largest absolute Gasteiger partial charge is 0.464 e. The molecule has 0 spiro atoms. The van der Waals surface area contributed by atoms with E-state index in [0.29, 0.717) is 23.8 Å². The summed E-state index contributed by atoms with van der Waals surface area (Å²) in [5.74, 6) is -0.585. The second kappa shape index (κ2) is 10.1. The van der Waals surface area contributed by atoms with Gasteiger partial charge in [0.25, 0.3) is 5.91 Å². The standard InChI is InChI=1S/C20H25N5O4S/c1-3-29-19(27)13(2)21-20(28)25-11-9-14(10-12-25)17-23-24-18(30-17)16(26)22-15-7-5-4-6-8-15/h4-8,13-14H,3,9-12H2,1-2H3,(H,21,28)(H,22,26)/t13-/m1/s1. The van der Waals surface area contributed by atoms with Gasteiger partial charge < -0.3 is 20.3 Å². The van der Waals surface area contributed by atoms with Gasteiger partial charge in [0.05, 0.1) is 6.61 Å². The number of likely N-dealkylation sites (tertiary alicyclic amines) is 1. The van der Waals surface area contributed by atoms with Crippen molar-refractivity contribution in [1.29, 1.82) is 0 Å². The molecule has 30 heavy (non-hydrogen) atoms. The molecule has 1 aromatic heterocycles. The van der Waals surface area contributed by atoms with Crippen molar-refractivity contribution in [2.45, 2.75) is 38.6 Å². The maximum absolute atomic E-state index is 12.4. The minimum absolute atomic E-state index is 0.146. The van der Waals surface area contributed by atoms with E-state index < -0.39 is 12.0 Å². The van der Waals surface area contributed by atoms with Gasteiger partial charge in [-0.1, -0.05) is 29.5 Å². The van der Waals surface area contributed by atoms with E-state index >= 15 is 0 Å². The van der Waals surface area contributed by atoms with Crippen molar-refractivity contribution in [3.8, 4) is 0 Å². The third kappa shape index (κ3) is 5.53. The summed E-state index contributed by atoms with van der Waals surface area (Å²) in [7, 11) is 0. The van der Waals surface area contributed by atoms with E-state index in [4.69, 9.17) is 4.74 Å². The number of carbonyl (C=O) groups is 3. The van der Waals surface area contributed by atoms with Crippen LogP contribution in [0.5, 0.6) is 0 Å². The zero-order chi connectivity index (χ0) is 21.5. The van der Waals surface area contributed by atoms with E-state index in [0.717, 1.165) is 17.8 Å². The van der Waals surface area contributed by atoms with Crippen LogP contribution >= 0.6 is 11.3 Å². The van der Waals surface area contributed by atoms with Gasteiger partial charge in [-0.25, -0.2) is 9.59 Å². The highest BCUT2D eigenvalue weighted by molar-refractivity contribution is 7.13. The average Bonchev–Trinajstić information content (AvgIpc) is 3.25. The van der Waals surface area contributed by atoms with Crippen LogP contribution in [0.4, 0.5) is 10.5 Å². The van der Waals surface area contributed by atoms with Crippen LogP contribution in [-0.2, 0) is 9.53 Å². The quantitative estimate of drug-likeness (QED) is 0.680. The van der Waals surface area contributed by atoms with Crippen molar-refractivity contribution in [2.75, 3.05) is 25.0 Å². The number of carbonyl (C=O) groups excluding carboxylic acids is 3. The maximum atomic E-state index is 12.4. The number of amides is 3. The number of para-hydroxylation sites is 1. The summed E-state index contributed by atoms with van der Waals surface area (Å²) < 4.78 is 4.91. The number of nitrogens with one attached hydrogen (secondary N) is 2. The van der Waals surface area contributed by atoms with Gasteiger partial charge in [0.1, 0.15) is 11.0 Å². The Bertz CT molecular complexity index is 880. The first-order chi connectivity index (χ1) is 14.5. The van der Waals surface area contributed by atoms with Crippen LogP contribution in [0.15, 0.2) is 30.3 Å². The normalized spacial score (nSPS) is 15.3. The topological polar surface area (TPSA) is 114 Å². The molecule has 9 nitrogen and oxygen atoms in total. The minimum Gasteiger partial charge on any atom is -0.464 e. The Hall–Kier alpha value is -3.01. The average molecular weight is 432 g/mol. The number of ether oxygens (including phenoxy) is 1. The molecule has 160 valence electrons. The highest BCUT2D eigenvalue weighted by atomic mass is 32.1. The predicted octanol–water partition coefficient (Wildman–Crippen LogP) is 2.63. The molecule has 0 radical (unpaired) electrons. The van der Waals surface area contributed by atoms with Gasteiger partial charge in [-0.3, -0.25) is 4.79 Å². The summed E-state index contributed by atoms with van der Waals surface area (Å²) >= 11 is 1.28. The van der Waals surface area contributed by atoms with Crippen LogP contribution in [0.3, 0.4) is 0 Å². The van der Waals surface area contributed by atoms with E-state index in [9.17, 15) is 14.4 Å². The molecule has 1 aliphatic heterocycles. The Morgan fingerprint density at radius 1 is 1.20 bits per heavy atom. The van der Waals surface area contributed by atoms with Gasteiger partial charge in [0.15, 0.2) is 0 Å². The highest BCUT2D eigenvalue weighted by Gasteiger charge is 2.28. The lowest BCUT2D eigenvalue weighted by molar-refractivity contribution is -0.144. The zero-order valence-electron chi connectivity index (χ0n) is 17.0. The van der Waals surface area contributed by atoms with Crippen LogP contribution in [0, 0.1) is 0 Å². The van der Waals surface area contributed by atoms with Crippen molar-refractivity contribution in [2.24, 2.45) is 0 Å². The van der Waals surface area contributed by atoms with E-state index in [1.807, 2.05) is 30.3 Å². The Morgan fingerprint density at radius 3 is 2.57 bits per heavy atom. The SMILES string of the molecule is CCOC(=O)[C@@H](C)NC(=O)N1CCC(c2nnc(C(=O)Nc3ccccc3)s2)CC1. The van der Waals surface area contributed by atoms with Crippen LogP contribution in [-0.4, -0.2) is 58.7 Å². The summed E-state index contributed by atoms with van der Waals surface area (Å²) in [5.41, 5.74) is 0.704. The van der Waals surface area contributed by atoms with Gasteiger partial charge in [-0.15, -0.1) is 10.2 Å². The summed E-state index contributed by atoms with van der Waals surface area (Å²) in [6.07, 6.45) is 1.44. The van der Waals surface area contributed by atoms with E-state index in [-0.39, 0.29) is 24.5 Å². The van der Waals surface area contributed by atoms with Gasteiger partial charge in [-0.05, 0) is 38.8 Å².